The van der Waals surface area contributed by atoms with Gasteiger partial charge >= 0.3 is 0 Å². The quantitative estimate of drug-likeness (QED) is 0.610. The molecule has 6 heteroatoms. The van der Waals surface area contributed by atoms with Gasteiger partial charge in [0.2, 0.25) is 0 Å². The number of nitrogens with one attached hydrogen (secondary N) is 1. The van der Waals surface area contributed by atoms with E-state index >= 15 is 0 Å². The first-order valence-electron chi connectivity index (χ1n) is 5.49. The Hall–Kier alpha value is -1.95. The van der Waals surface area contributed by atoms with Gasteiger partial charge in [-0.1, -0.05) is 6.92 Å². The fraction of sp³-hybridized carbons (Fsp3) is 0.364. The first kappa shape index (κ1) is 11.5. The lowest BCUT2D eigenvalue weighted by molar-refractivity contribution is 0.768. The van der Waals surface area contributed by atoms with Crippen LogP contribution in [0.25, 0.3) is 11.5 Å². The van der Waals surface area contributed by atoms with Gasteiger partial charge in [0.15, 0.2) is 5.82 Å². The molecule has 2 rings (SSSR count). The molecule has 0 aliphatic carbocycles. The van der Waals surface area contributed by atoms with Gasteiger partial charge in [-0.05, 0) is 19.4 Å². The van der Waals surface area contributed by atoms with Gasteiger partial charge in [-0.2, -0.15) is 5.10 Å². The highest BCUT2D eigenvalue weighted by molar-refractivity contribution is 5.56. The van der Waals surface area contributed by atoms with Crippen LogP contribution in [0.4, 0.5) is 5.82 Å². The number of hydrogen-bond acceptors (Lipinski definition) is 5. The molecule has 90 valence electrons. The Balaban J connectivity index is 2.58. The minimum atomic E-state index is 0.632. The normalized spacial score (nSPS) is 10.6. The second kappa shape index (κ2) is 4.50. The summed E-state index contributed by atoms with van der Waals surface area (Å²) in [6.45, 7) is 4.01. The molecule has 17 heavy (non-hydrogen) atoms. The number of rotatable bonds is 3. The van der Waals surface area contributed by atoms with Gasteiger partial charge in [0.1, 0.15) is 11.5 Å². The molecule has 0 radical (unpaired) electrons. The number of nitrogen functional groups attached to an aromatic ring is 1. The van der Waals surface area contributed by atoms with Gasteiger partial charge in [0.05, 0.1) is 0 Å². The van der Waals surface area contributed by atoms with E-state index in [0.717, 1.165) is 23.4 Å². The molecule has 0 aliphatic heterocycles. The molecule has 0 atom stereocenters. The number of hydrazine groups is 1. The standard InChI is InChI=1S/C11H16N6/c1-4-8-7(2)14-11(15-10(8)16-12)9-5-6-13-17(9)3/h5-6H,4,12H2,1-3H3,(H,14,15,16). The summed E-state index contributed by atoms with van der Waals surface area (Å²) in [5, 5.41) is 4.11. The van der Waals surface area contributed by atoms with Crippen molar-refractivity contribution in [2.24, 2.45) is 12.9 Å². The van der Waals surface area contributed by atoms with Crippen molar-refractivity contribution >= 4 is 5.82 Å². The molecule has 3 N–H and O–H groups in total. The Morgan fingerprint density at radius 2 is 2.18 bits per heavy atom. The molecule has 0 amide bonds. The van der Waals surface area contributed by atoms with E-state index in [1.54, 1.807) is 10.9 Å². The highest BCUT2D eigenvalue weighted by Crippen LogP contribution is 2.21. The number of aryl methyl sites for hydroxylation is 2. The lowest BCUT2D eigenvalue weighted by Gasteiger charge is -2.11. The Bertz CT molecular complexity index is 531. The lowest BCUT2D eigenvalue weighted by atomic mass is 10.1. The van der Waals surface area contributed by atoms with Crippen molar-refractivity contribution in [3.8, 4) is 11.5 Å². The van der Waals surface area contributed by atoms with Crippen molar-refractivity contribution in [2.45, 2.75) is 20.3 Å². The van der Waals surface area contributed by atoms with E-state index in [2.05, 4.69) is 27.4 Å². The third-order valence-corrected chi connectivity index (χ3v) is 2.75. The fourth-order valence-corrected chi connectivity index (χ4v) is 1.85. The van der Waals surface area contributed by atoms with Gasteiger partial charge in [-0.3, -0.25) is 4.68 Å². The molecule has 2 aromatic rings. The summed E-state index contributed by atoms with van der Waals surface area (Å²) in [5.74, 6) is 6.80. The summed E-state index contributed by atoms with van der Waals surface area (Å²) in [7, 11) is 1.86. The van der Waals surface area contributed by atoms with Crippen molar-refractivity contribution in [1.29, 1.82) is 0 Å². The Labute approximate surface area is 99.9 Å². The number of anilines is 1. The zero-order valence-corrected chi connectivity index (χ0v) is 10.2. The minimum absolute atomic E-state index is 0.632. The van der Waals surface area contributed by atoms with Crippen LogP contribution in [0.1, 0.15) is 18.2 Å². The van der Waals surface area contributed by atoms with Crippen LogP contribution < -0.4 is 11.3 Å². The van der Waals surface area contributed by atoms with Crippen LogP contribution in [0.2, 0.25) is 0 Å². The number of nitrogens with two attached hydrogens (primary N) is 1. The second-order valence-electron chi connectivity index (χ2n) is 3.80. The Morgan fingerprint density at radius 1 is 1.41 bits per heavy atom. The van der Waals surface area contributed by atoms with E-state index in [4.69, 9.17) is 5.84 Å². The monoisotopic (exact) mass is 232 g/mol. The van der Waals surface area contributed by atoms with E-state index in [0.29, 0.717) is 11.6 Å². The first-order valence-corrected chi connectivity index (χ1v) is 5.49. The summed E-state index contributed by atoms with van der Waals surface area (Å²) in [6.07, 6.45) is 2.56. The van der Waals surface area contributed by atoms with E-state index in [9.17, 15) is 0 Å². The van der Waals surface area contributed by atoms with Gasteiger partial charge in [-0.15, -0.1) is 0 Å². The molecule has 2 heterocycles. The maximum atomic E-state index is 5.49. The summed E-state index contributed by atoms with van der Waals surface area (Å²) < 4.78 is 1.74. The summed E-state index contributed by atoms with van der Waals surface area (Å²) in [4.78, 5) is 8.91. The van der Waals surface area contributed by atoms with Gasteiger partial charge in [0.25, 0.3) is 0 Å². The van der Waals surface area contributed by atoms with Crippen molar-refractivity contribution < 1.29 is 0 Å². The molecule has 0 aromatic carbocycles. The SMILES string of the molecule is CCc1c(C)nc(-c2ccnn2C)nc1NN. The number of hydrogen-bond donors (Lipinski definition) is 2. The zero-order chi connectivity index (χ0) is 12.4. The third-order valence-electron chi connectivity index (χ3n) is 2.75. The van der Waals surface area contributed by atoms with E-state index in [1.165, 1.54) is 0 Å². The second-order valence-corrected chi connectivity index (χ2v) is 3.80. The number of aromatic nitrogens is 4. The smallest absolute Gasteiger partial charge is 0.180 e. The Morgan fingerprint density at radius 3 is 2.71 bits per heavy atom. The van der Waals surface area contributed by atoms with Crippen LogP contribution >= 0.6 is 0 Å². The van der Waals surface area contributed by atoms with Crippen molar-refractivity contribution in [2.75, 3.05) is 5.43 Å². The van der Waals surface area contributed by atoms with Crippen LogP contribution in [-0.2, 0) is 13.5 Å². The van der Waals surface area contributed by atoms with Crippen LogP contribution in [0.15, 0.2) is 12.3 Å². The minimum Gasteiger partial charge on any atom is -0.308 e. The molecule has 0 fully saturated rings. The summed E-state index contributed by atoms with van der Waals surface area (Å²) in [5.41, 5.74) is 5.47. The lowest BCUT2D eigenvalue weighted by Crippen LogP contribution is -2.14. The molecule has 0 saturated carbocycles. The van der Waals surface area contributed by atoms with Gasteiger partial charge in [-0.25, -0.2) is 15.8 Å². The van der Waals surface area contributed by atoms with Crippen LogP contribution in [-0.4, -0.2) is 19.7 Å². The largest absolute Gasteiger partial charge is 0.308 e. The van der Waals surface area contributed by atoms with E-state index in [-0.39, 0.29) is 0 Å². The average molecular weight is 232 g/mol. The Kier molecular flexibility index (Phi) is 3.06. The highest BCUT2D eigenvalue weighted by atomic mass is 15.3. The van der Waals surface area contributed by atoms with E-state index in [1.807, 2.05) is 20.0 Å². The zero-order valence-electron chi connectivity index (χ0n) is 10.2. The maximum absolute atomic E-state index is 5.49. The maximum Gasteiger partial charge on any atom is 0.180 e. The molecule has 2 aromatic heterocycles. The van der Waals surface area contributed by atoms with E-state index < -0.39 is 0 Å². The van der Waals surface area contributed by atoms with Crippen LogP contribution in [0.5, 0.6) is 0 Å². The van der Waals surface area contributed by atoms with Gasteiger partial charge < -0.3 is 5.43 Å². The fourth-order valence-electron chi connectivity index (χ4n) is 1.85. The molecular formula is C11H16N6. The predicted octanol–water partition coefficient (Wildman–Crippen LogP) is 1.03. The number of nitrogens with zero attached hydrogens (tertiary/aromatic N) is 4. The predicted molar refractivity (Wildman–Crippen MR) is 66.2 cm³/mol. The molecule has 0 bridgehead atoms. The van der Waals surface area contributed by atoms with Gasteiger partial charge in [0, 0.05) is 24.5 Å². The third kappa shape index (κ3) is 1.99. The molecule has 0 aliphatic rings. The molecule has 0 spiro atoms. The molecule has 0 saturated heterocycles. The summed E-state index contributed by atoms with van der Waals surface area (Å²) in [6, 6.07) is 1.88. The van der Waals surface area contributed by atoms with Crippen LogP contribution in [0.3, 0.4) is 0 Å². The van der Waals surface area contributed by atoms with Crippen molar-refractivity contribution in [3.63, 3.8) is 0 Å². The topological polar surface area (TPSA) is 81.7 Å². The highest BCUT2D eigenvalue weighted by Gasteiger charge is 2.12. The van der Waals surface area contributed by atoms with Crippen molar-refractivity contribution in [1.82, 2.24) is 19.7 Å². The van der Waals surface area contributed by atoms with Crippen molar-refractivity contribution in [3.05, 3.63) is 23.5 Å². The summed E-state index contributed by atoms with van der Waals surface area (Å²) >= 11 is 0. The molecular weight excluding hydrogens is 216 g/mol. The molecule has 6 nitrogen and oxygen atoms in total. The first-order chi connectivity index (χ1) is 8.17. The van der Waals surface area contributed by atoms with Crippen LogP contribution in [0, 0.1) is 6.92 Å². The average Bonchev–Trinajstić information content (AvgIpc) is 2.74. The molecule has 0 unspecified atom stereocenters.